The van der Waals surface area contributed by atoms with E-state index in [-0.39, 0.29) is 5.91 Å². The van der Waals surface area contributed by atoms with Gasteiger partial charge in [0.05, 0.1) is 16.9 Å². The molecule has 1 aromatic carbocycles. The van der Waals surface area contributed by atoms with E-state index < -0.39 is 0 Å². The van der Waals surface area contributed by atoms with Gasteiger partial charge < -0.3 is 14.7 Å². The SMILES string of the molecule is CN(C)CCN1c2ccccc2N(C)C(=O)c2cccnc21. The van der Waals surface area contributed by atoms with E-state index in [0.717, 1.165) is 30.3 Å². The first-order valence-electron chi connectivity index (χ1n) is 7.34. The maximum atomic E-state index is 12.7. The Kier molecular flexibility index (Phi) is 3.81. The maximum Gasteiger partial charge on any atom is 0.261 e. The molecule has 0 saturated carbocycles. The van der Waals surface area contributed by atoms with Crippen LogP contribution in [-0.2, 0) is 0 Å². The molecule has 0 spiro atoms. The van der Waals surface area contributed by atoms with Crippen molar-refractivity contribution in [2.24, 2.45) is 0 Å². The quantitative estimate of drug-likeness (QED) is 0.872. The number of aromatic nitrogens is 1. The number of hydrogen-bond donors (Lipinski definition) is 0. The third-order valence-corrected chi connectivity index (χ3v) is 3.88. The van der Waals surface area contributed by atoms with E-state index in [0.29, 0.717) is 5.56 Å². The number of para-hydroxylation sites is 2. The Bertz CT molecular complexity index is 699. The molecule has 1 aromatic heterocycles. The fraction of sp³-hybridized carbons (Fsp3) is 0.294. The van der Waals surface area contributed by atoms with Crippen LogP contribution in [-0.4, -0.2) is 50.0 Å². The summed E-state index contributed by atoms with van der Waals surface area (Å²) in [5.41, 5.74) is 2.56. The monoisotopic (exact) mass is 296 g/mol. The molecule has 0 radical (unpaired) electrons. The van der Waals surface area contributed by atoms with Crippen molar-refractivity contribution in [1.29, 1.82) is 0 Å². The number of anilines is 3. The van der Waals surface area contributed by atoms with E-state index >= 15 is 0 Å². The molecule has 22 heavy (non-hydrogen) atoms. The van der Waals surface area contributed by atoms with Gasteiger partial charge in [-0.25, -0.2) is 4.98 Å². The zero-order chi connectivity index (χ0) is 15.7. The zero-order valence-corrected chi connectivity index (χ0v) is 13.2. The molecule has 114 valence electrons. The first-order chi connectivity index (χ1) is 10.6. The summed E-state index contributed by atoms with van der Waals surface area (Å²) >= 11 is 0. The molecule has 0 atom stereocenters. The van der Waals surface area contributed by atoms with Gasteiger partial charge >= 0.3 is 0 Å². The molecule has 1 amide bonds. The highest BCUT2D eigenvalue weighted by Crippen LogP contribution is 2.38. The van der Waals surface area contributed by atoms with Crippen molar-refractivity contribution in [3.8, 4) is 0 Å². The highest BCUT2D eigenvalue weighted by atomic mass is 16.2. The van der Waals surface area contributed by atoms with Crippen LogP contribution < -0.4 is 9.80 Å². The van der Waals surface area contributed by atoms with Crippen molar-refractivity contribution in [2.75, 3.05) is 44.0 Å². The normalized spacial score (nSPS) is 13.9. The smallest absolute Gasteiger partial charge is 0.261 e. The molecule has 0 saturated heterocycles. The lowest BCUT2D eigenvalue weighted by molar-refractivity contribution is 0.0994. The number of amides is 1. The predicted molar refractivity (Wildman–Crippen MR) is 89.0 cm³/mol. The van der Waals surface area contributed by atoms with E-state index in [4.69, 9.17) is 0 Å². The number of fused-ring (bicyclic) bond motifs is 2. The molecule has 2 heterocycles. The molecule has 3 rings (SSSR count). The van der Waals surface area contributed by atoms with Crippen LogP contribution >= 0.6 is 0 Å². The van der Waals surface area contributed by atoms with Crippen LogP contribution in [0.1, 0.15) is 10.4 Å². The van der Waals surface area contributed by atoms with Gasteiger partial charge in [0, 0.05) is 26.3 Å². The number of likely N-dealkylation sites (N-methyl/N-ethyl adjacent to an activating group) is 1. The Hall–Kier alpha value is -2.40. The van der Waals surface area contributed by atoms with Crippen LogP contribution in [0.4, 0.5) is 17.2 Å². The Morgan fingerprint density at radius 1 is 1.09 bits per heavy atom. The third-order valence-electron chi connectivity index (χ3n) is 3.88. The highest BCUT2D eigenvalue weighted by molar-refractivity contribution is 6.12. The first kappa shape index (κ1) is 14.5. The van der Waals surface area contributed by atoms with Gasteiger partial charge in [-0.2, -0.15) is 0 Å². The predicted octanol–water partition coefficient (Wildman–Crippen LogP) is 2.37. The lowest BCUT2D eigenvalue weighted by Crippen LogP contribution is -2.29. The molecule has 0 bridgehead atoms. The van der Waals surface area contributed by atoms with Gasteiger partial charge in [0.25, 0.3) is 5.91 Å². The summed E-state index contributed by atoms with van der Waals surface area (Å²) in [6, 6.07) is 11.6. The Morgan fingerprint density at radius 2 is 1.82 bits per heavy atom. The largest absolute Gasteiger partial charge is 0.323 e. The van der Waals surface area contributed by atoms with Gasteiger partial charge in [0.1, 0.15) is 5.82 Å². The third kappa shape index (κ3) is 2.44. The van der Waals surface area contributed by atoms with E-state index in [1.165, 1.54) is 0 Å². The molecule has 1 aliphatic heterocycles. The van der Waals surface area contributed by atoms with Crippen molar-refractivity contribution >= 4 is 23.1 Å². The summed E-state index contributed by atoms with van der Waals surface area (Å²) in [6.45, 7) is 1.65. The number of carbonyl (C=O) groups excluding carboxylic acids is 1. The molecule has 0 N–H and O–H groups in total. The minimum atomic E-state index is -0.0251. The van der Waals surface area contributed by atoms with Crippen molar-refractivity contribution < 1.29 is 4.79 Å². The Labute approximate surface area is 130 Å². The first-order valence-corrected chi connectivity index (χ1v) is 7.34. The summed E-state index contributed by atoms with van der Waals surface area (Å²) in [6.07, 6.45) is 1.74. The fourth-order valence-electron chi connectivity index (χ4n) is 2.69. The van der Waals surface area contributed by atoms with Gasteiger partial charge in [0.15, 0.2) is 0 Å². The summed E-state index contributed by atoms with van der Waals surface area (Å²) in [7, 11) is 5.90. The summed E-state index contributed by atoms with van der Waals surface area (Å²) in [5, 5.41) is 0. The number of benzene rings is 1. The van der Waals surface area contributed by atoms with Gasteiger partial charge in [-0.05, 0) is 38.4 Å². The Balaban J connectivity index is 2.17. The molecule has 1 aliphatic rings. The van der Waals surface area contributed by atoms with Crippen LogP contribution in [0.2, 0.25) is 0 Å². The average Bonchev–Trinajstić information content (AvgIpc) is 2.62. The second-order valence-electron chi connectivity index (χ2n) is 5.68. The second-order valence-corrected chi connectivity index (χ2v) is 5.68. The molecular formula is C17H20N4O. The van der Waals surface area contributed by atoms with Crippen molar-refractivity contribution in [3.63, 3.8) is 0 Å². The van der Waals surface area contributed by atoms with Crippen LogP contribution in [0, 0.1) is 0 Å². The highest BCUT2D eigenvalue weighted by Gasteiger charge is 2.29. The number of pyridine rings is 1. The molecular weight excluding hydrogens is 276 g/mol. The molecule has 0 fully saturated rings. The molecule has 0 unspecified atom stereocenters. The fourth-order valence-corrected chi connectivity index (χ4v) is 2.69. The van der Waals surface area contributed by atoms with Crippen molar-refractivity contribution in [1.82, 2.24) is 9.88 Å². The van der Waals surface area contributed by atoms with Crippen LogP contribution in [0.3, 0.4) is 0 Å². The van der Waals surface area contributed by atoms with Crippen LogP contribution in [0.25, 0.3) is 0 Å². The number of rotatable bonds is 3. The minimum Gasteiger partial charge on any atom is -0.323 e. The van der Waals surface area contributed by atoms with E-state index in [1.807, 2.05) is 57.5 Å². The molecule has 0 aliphatic carbocycles. The van der Waals surface area contributed by atoms with E-state index in [9.17, 15) is 4.79 Å². The lowest BCUT2D eigenvalue weighted by atomic mass is 10.2. The van der Waals surface area contributed by atoms with E-state index in [1.54, 1.807) is 11.1 Å². The van der Waals surface area contributed by atoms with Crippen LogP contribution in [0.15, 0.2) is 42.6 Å². The van der Waals surface area contributed by atoms with Gasteiger partial charge in [-0.3, -0.25) is 4.79 Å². The van der Waals surface area contributed by atoms with Gasteiger partial charge in [-0.15, -0.1) is 0 Å². The number of nitrogens with zero attached hydrogens (tertiary/aromatic N) is 4. The van der Waals surface area contributed by atoms with E-state index in [2.05, 4.69) is 14.8 Å². The zero-order valence-electron chi connectivity index (χ0n) is 13.2. The summed E-state index contributed by atoms with van der Waals surface area (Å²) in [4.78, 5) is 23.2. The number of hydrogen-bond acceptors (Lipinski definition) is 4. The molecule has 5 heteroatoms. The average molecular weight is 296 g/mol. The van der Waals surface area contributed by atoms with Crippen molar-refractivity contribution in [2.45, 2.75) is 0 Å². The summed E-state index contributed by atoms with van der Waals surface area (Å²) < 4.78 is 0. The van der Waals surface area contributed by atoms with Crippen LogP contribution in [0.5, 0.6) is 0 Å². The summed E-state index contributed by atoms with van der Waals surface area (Å²) in [5.74, 6) is 0.703. The minimum absolute atomic E-state index is 0.0251. The Morgan fingerprint density at radius 3 is 2.55 bits per heavy atom. The second kappa shape index (κ2) is 5.77. The van der Waals surface area contributed by atoms with Gasteiger partial charge in [-0.1, -0.05) is 12.1 Å². The molecule has 2 aromatic rings. The molecule has 5 nitrogen and oxygen atoms in total. The standard InChI is InChI=1S/C17H20N4O/c1-19(2)11-12-21-15-9-5-4-8-14(15)20(3)17(22)13-7-6-10-18-16(13)21/h4-10H,11-12H2,1-3H3. The van der Waals surface area contributed by atoms with Gasteiger partial charge in [0.2, 0.25) is 0 Å². The topological polar surface area (TPSA) is 39.7 Å². The number of carbonyl (C=O) groups is 1. The maximum absolute atomic E-state index is 12.7. The van der Waals surface area contributed by atoms with Crippen molar-refractivity contribution in [3.05, 3.63) is 48.2 Å². The lowest BCUT2D eigenvalue weighted by Gasteiger charge is -2.26.